The number of hydrogen-bond acceptors (Lipinski definition) is 3. The van der Waals surface area contributed by atoms with Crippen LogP contribution in [0.4, 0.5) is 0 Å². The van der Waals surface area contributed by atoms with Crippen LogP contribution in [0.5, 0.6) is 0 Å². The average Bonchev–Trinajstić information content (AvgIpc) is 3.11. The number of fused-ring (bicyclic) bond motifs is 2. The van der Waals surface area contributed by atoms with E-state index in [-0.39, 0.29) is 0 Å². The predicted octanol–water partition coefficient (Wildman–Crippen LogP) is 10.5. The van der Waals surface area contributed by atoms with Gasteiger partial charge in [-0.3, -0.25) is 4.98 Å². The summed E-state index contributed by atoms with van der Waals surface area (Å²) in [6.07, 6.45) is 1.96. The molecule has 0 saturated carbocycles. The summed E-state index contributed by atoms with van der Waals surface area (Å²) in [5, 5.41) is 3.41. The van der Waals surface area contributed by atoms with Crippen molar-refractivity contribution >= 4 is 21.7 Å². The van der Waals surface area contributed by atoms with E-state index in [9.17, 15) is 0 Å². The highest BCUT2D eigenvalue weighted by molar-refractivity contribution is 5.89. The first kappa shape index (κ1) is 25.8. The summed E-state index contributed by atoms with van der Waals surface area (Å²) < 4.78 is 0. The summed E-state index contributed by atoms with van der Waals surface area (Å²) in [5.41, 5.74) is 11.1. The lowest BCUT2D eigenvalue weighted by atomic mass is 9.94. The minimum atomic E-state index is 0.924. The molecule has 8 aromatic rings. The van der Waals surface area contributed by atoms with Crippen LogP contribution in [0.3, 0.4) is 0 Å². The van der Waals surface area contributed by atoms with Gasteiger partial charge in [-0.15, -0.1) is 0 Å². The Kier molecular flexibility index (Phi) is 6.47. The fourth-order valence-corrected chi connectivity index (χ4v) is 5.77. The molecule has 3 aromatic heterocycles. The Morgan fingerprint density at radius 1 is 0.295 bits per heavy atom. The highest BCUT2D eigenvalue weighted by Crippen LogP contribution is 2.36. The number of nitrogens with zero attached hydrogens (tertiary/aromatic N) is 3. The van der Waals surface area contributed by atoms with Gasteiger partial charge in [-0.05, 0) is 65.0 Å². The van der Waals surface area contributed by atoms with Gasteiger partial charge in [0.05, 0.1) is 28.3 Å². The number of aromatic nitrogens is 3. The minimum Gasteiger partial charge on any atom is -0.256 e. The Labute approximate surface area is 256 Å². The zero-order chi connectivity index (χ0) is 29.3. The zero-order valence-electron chi connectivity index (χ0n) is 23.9. The van der Waals surface area contributed by atoms with Crippen LogP contribution in [-0.4, -0.2) is 15.0 Å². The van der Waals surface area contributed by atoms with E-state index in [4.69, 9.17) is 15.0 Å². The molecule has 0 fully saturated rings. The number of pyridine rings is 3. The molecule has 0 aliphatic carbocycles. The van der Waals surface area contributed by atoms with Gasteiger partial charge in [-0.25, -0.2) is 9.97 Å². The van der Waals surface area contributed by atoms with Crippen molar-refractivity contribution in [2.75, 3.05) is 0 Å². The van der Waals surface area contributed by atoms with Crippen molar-refractivity contribution in [1.82, 2.24) is 15.0 Å². The highest BCUT2D eigenvalue weighted by atomic mass is 14.7. The smallest absolute Gasteiger partial charge is 0.0715 e. The number of hydrogen-bond donors (Lipinski definition) is 0. The van der Waals surface area contributed by atoms with E-state index in [1.165, 1.54) is 0 Å². The third-order valence-corrected chi connectivity index (χ3v) is 8.05. The standard InChI is InChI=1S/C41H27N3/c1-3-11-28(12-4-1)40-25-34(26-41(44-40)29-13-5-2-6-14-29)33-21-35(38-20-19-30-15-9-10-18-37(30)43-38)23-36(22-33)39-24-31-16-7-8-17-32(31)27-42-39/h1-27H. The lowest BCUT2D eigenvalue weighted by Gasteiger charge is -2.14. The number of para-hydroxylation sites is 1. The van der Waals surface area contributed by atoms with Gasteiger partial charge in [0.25, 0.3) is 0 Å². The van der Waals surface area contributed by atoms with E-state index in [1.807, 2.05) is 36.5 Å². The molecule has 3 heteroatoms. The highest BCUT2D eigenvalue weighted by Gasteiger charge is 2.14. The van der Waals surface area contributed by atoms with Crippen LogP contribution < -0.4 is 0 Å². The van der Waals surface area contributed by atoms with E-state index < -0.39 is 0 Å². The number of benzene rings is 5. The molecule has 0 radical (unpaired) electrons. The molecule has 0 aliphatic heterocycles. The first-order chi connectivity index (χ1) is 21.8. The summed E-state index contributed by atoms with van der Waals surface area (Å²) >= 11 is 0. The Bertz CT molecular complexity index is 2120. The molecule has 8 rings (SSSR count). The lowest BCUT2D eigenvalue weighted by Crippen LogP contribution is -1.93. The second-order valence-corrected chi connectivity index (χ2v) is 11.0. The summed E-state index contributed by atoms with van der Waals surface area (Å²) in [4.78, 5) is 15.1. The largest absolute Gasteiger partial charge is 0.256 e. The van der Waals surface area contributed by atoms with Crippen LogP contribution in [0.25, 0.3) is 77.8 Å². The first-order valence-electron chi connectivity index (χ1n) is 14.8. The van der Waals surface area contributed by atoms with Gasteiger partial charge in [-0.1, -0.05) is 109 Å². The van der Waals surface area contributed by atoms with Crippen molar-refractivity contribution in [3.8, 4) is 56.2 Å². The molecule has 3 nitrogen and oxygen atoms in total. The van der Waals surface area contributed by atoms with Crippen LogP contribution in [-0.2, 0) is 0 Å². The molecular weight excluding hydrogens is 534 g/mol. The summed E-state index contributed by atoms with van der Waals surface area (Å²) in [6.45, 7) is 0. The molecule has 44 heavy (non-hydrogen) atoms. The molecular formula is C41H27N3. The fraction of sp³-hybridized carbons (Fsp3) is 0. The third kappa shape index (κ3) is 5.01. The molecule has 0 unspecified atom stereocenters. The van der Waals surface area contributed by atoms with Crippen LogP contribution in [0.1, 0.15) is 0 Å². The zero-order valence-corrected chi connectivity index (χ0v) is 23.9. The number of rotatable bonds is 5. The van der Waals surface area contributed by atoms with E-state index in [0.717, 1.165) is 77.8 Å². The van der Waals surface area contributed by atoms with Crippen molar-refractivity contribution in [3.05, 3.63) is 164 Å². The maximum atomic E-state index is 5.10. The molecule has 5 aromatic carbocycles. The summed E-state index contributed by atoms with van der Waals surface area (Å²) in [5.74, 6) is 0. The van der Waals surface area contributed by atoms with Crippen molar-refractivity contribution in [2.24, 2.45) is 0 Å². The third-order valence-electron chi connectivity index (χ3n) is 8.05. The Balaban J connectivity index is 1.36. The quantitative estimate of drug-likeness (QED) is 0.210. The second-order valence-electron chi connectivity index (χ2n) is 11.0. The van der Waals surface area contributed by atoms with Crippen molar-refractivity contribution < 1.29 is 0 Å². The van der Waals surface area contributed by atoms with Crippen molar-refractivity contribution in [1.29, 1.82) is 0 Å². The molecule has 0 aliphatic rings. The molecule has 0 spiro atoms. The first-order valence-corrected chi connectivity index (χ1v) is 14.8. The van der Waals surface area contributed by atoms with Crippen LogP contribution >= 0.6 is 0 Å². The van der Waals surface area contributed by atoms with Gasteiger partial charge in [0.15, 0.2) is 0 Å². The summed E-state index contributed by atoms with van der Waals surface area (Å²) in [7, 11) is 0. The maximum absolute atomic E-state index is 5.10. The molecule has 0 atom stereocenters. The van der Waals surface area contributed by atoms with Gasteiger partial charge < -0.3 is 0 Å². The van der Waals surface area contributed by atoms with Crippen LogP contribution in [0.2, 0.25) is 0 Å². The lowest BCUT2D eigenvalue weighted by molar-refractivity contribution is 1.32. The minimum absolute atomic E-state index is 0.924. The molecule has 0 bridgehead atoms. The van der Waals surface area contributed by atoms with Gasteiger partial charge in [0.1, 0.15) is 0 Å². The Morgan fingerprint density at radius 3 is 1.55 bits per heavy atom. The van der Waals surface area contributed by atoms with E-state index >= 15 is 0 Å². The van der Waals surface area contributed by atoms with E-state index in [1.54, 1.807) is 0 Å². The van der Waals surface area contributed by atoms with E-state index in [2.05, 4.69) is 127 Å². The average molecular weight is 562 g/mol. The molecule has 0 saturated heterocycles. The van der Waals surface area contributed by atoms with Crippen molar-refractivity contribution in [3.63, 3.8) is 0 Å². The SMILES string of the molecule is c1ccc(-c2cc(-c3cc(-c4cc5ccccc5cn4)cc(-c4ccc5ccccc5n4)c3)cc(-c3ccccc3)n2)cc1. The van der Waals surface area contributed by atoms with Gasteiger partial charge in [0, 0.05) is 39.2 Å². The van der Waals surface area contributed by atoms with Gasteiger partial charge in [-0.2, -0.15) is 0 Å². The summed E-state index contributed by atoms with van der Waals surface area (Å²) in [6, 6.07) is 54.8. The van der Waals surface area contributed by atoms with Gasteiger partial charge >= 0.3 is 0 Å². The molecule has 0 amide bonds. The van der Waals surface area contributed by atoms with Crippen LogP contribution in [0.15, 0.2) is 164 Å². The van der Waals surface area contributed by atoms with Crippen molar-refractivity contribution in [2.45, 2.75) is 0 Å². The maximum Gasteiger partial charge on any atom is 0.0715 e. The second kappa shape index (κ2) is 11.0. The van der Waals surface area contributed by atoms with Crippen LogP contribution in [0, 0.1) is 0 Å². The molecule has 206 valence electrons. The fourth-order valence-electron chi connectivity index (χ4n) is 5.77. The predicted molar refractivity (Wildman–Crippen MR) is 182 cm³/mol. The van der Waals surface area contributed by atoms with Gasteiger partial charge in [0.2, 0.25) is 0 Å². The Morgan fingerprint density at radius 2 is 0.841 bits per heavy atom. The Hall–Kier alpha value is -5.93. The van der Waals surface area contributed by atoms with E-state index in [0.29, 0.717) is 0 Å². The normalized spacial score (nSPS) is 11.2. The molecule has 0 N–H and O–H groups in total. The topological polar surface area (TPSA) is 38.7 Å². The molecule has 3 heterocycles. The monoisotopic (exact) mass is 561 g/mol.